The van der Waals surface area contributed by atoms with Gasteiger partial charge in [0.2, 0.25) is 0 Å². The topological polar surface area (TPSA) is 87.5 Å². The van der Waals surface area contributed by atoms with Crippen molar-refractivity contribution in [2.24, 2.45) is 0 Å². The molecule has 0 saturated carbocycles. The first kappa shape index (κ1) is 25.0. The van der Waals surface area contributed by atoms with Crippen molar-refractivity contribution in [3.05, 3.63) is 82.8 Å². The molecule has 7 nitrogen and oxygen atoms in total. The van der Waals surface area contributed by atoms with E-state index in [4.69, 9.17) is 9.47 Å². The maximum Gasteiger partial charge on any atom is 0.259 e. The molecule has 0 aliphatic carbocycles. The lowest BCUT2D eigenvalue weighted by atomic mass is 10.1. The molecule has 0 bridgehead atoms. The van der Waals surface area contributed by atoms with Crippen LogP contribution in [0.4, 0.5) is 24.7 Å². The van der Waals surface area contributed by atoms with Gasteiger partial charge in [0.1, 0.15) is 29.3 Å². The number of nitrogens with zero attached hydrogens (tertiary/aromatic N) is 3. The Balaban J connectivity index is 1.45. The number of benzene rings is 2. The second-order valence-electron chi connectivity index (χ2n) is 8.24. The Kier molecular flexibility index (Phi) is 7.71. The first-order valence-corrected chi connectivity index (χ1v) is 11.2. The van der Waals surface area contributed by atoms with E-state index in [0.717, 1.165) is 18.2 Å². The zero-order chi connectivity index (χ0) is 25.7. The van der Waals surface area contributed by atoms with E-state index in [-0.39, 0.29) is 35.2 Å². The molecule has 1 aromatic heterocycles. The van der Waals surface area contributed by atoms with E-state index in [1.54, 1.807) is 0 Å². The molecule has 1 amide bonds. The first-order valence-electron chi connectivity index (χ1n) is 11.2. The molecule has 1 fully saturated rings. The molecule has 0 unspecified atom stereocenters. The van der Waals surface area contributed by atoms with Gasteiger partial charge < -0.3 is 19.7 Å². The zero-order valence-electron chi connectivity index (χ0n) is 19.4. The van der Waals surface area contributed by atoms with E-state index >= 15 is 0 Å². The van der Waals surface area contributed by atoms with Crippen LogP contribution in [-0.4, -0.2) is 37.2 Å². The number of amides is 1. The van der Waals surface area contributed by atoms with Gasteiger partial charge in [0.15, 0.2) is 5.82 Å². The highest BCUT2D eigenvalue weighted by atomic mass is 19.1. The number of halogens is 3. The maximum atomic E-state index is 13.9. The molecule has 1 aliphatic rings. The van der Waals surface area contributed by atoms with Gasteiger partial charge in [-0.15, -0.1) is 0 Å². The second-order valence-corrected chi connectivity index (χ2v) is 8.24. The summed E-state index contributed by atoms with van der Waals surface area (Å²) in [6.07, 6.45) is 2.52. The van der Waals surface area contributed by atoms with Gasteiger partial charge in [-0.2, -0.15) is 5.26 Å². The molecule has 2 heterocycles. The molecule has 1 saturated heterocycles. The molecule has 186 valence electrons. The summed E-state index contributed by atoms with van der Waals surface area (Å²) >= 11 is 0. The highest BCUT2D eigenvalue weighted by molar-refractivity contribution is 6.07. The number of methoxy groups -OCH3 is 1. The molecule has 0 radical (unpaired) electrons. The van der Waals surface area contributed by atoms with Gasteiger partial charge in [-0.25, -0.2) is 18.2 Å². The van der Waals surface area contributed by atoms with Crippen molar-refractivity contribution in [1.29, 1.82) is 5.26 Å². The summed E-state index contributed by atoms with van der Waals surface area (Å²) in [6.45, 7) is 1.11. The number of piperidine rings is 1. The number of hydrogen-bond acceptors (Lipinski definition) is 6. The van der Waals surface area contributed by atoms with Crippen LogP contribution in [0.15, 0.2) is 48.7 Å². The number of anilines is 2. The molecule has 3 aromatic rings. The standard InChI is InChI=1S/C26H23F3N4O3/c1-35-24-12-19(28)4-5-21(24)26(34)32-23-10-16(13-30)14-31-25(23)33-8-6-20(7-9-33)36-15-17-2-3-18(27)11-22(17)29/h2-5,10-12,14,20H,6-9,15H2,1H3,(H,32,34). The van der Waals surface area contributed by atoms with Gasteiger partial charge in [-0.1, -0.05) is 6.07 Å². The maximum absolute atomic E-state index is 13.9. The predicted molar refractivity (Wildman–Crippen MR) is 126 cm³/mol. The van der Waals surface area contributed by atoms with E-state index < -0.39 is 23.4 Å². The summed E-state index contributed by atoms with van der Waals surface area (Å²) in [5.74, 6) is -1.80. The van der Waals surface area contributed by atoms with Crippen molar-refractivity contribution in [1.82, 2.24) is 4.98 Å². The van der Waals surface area contributed by atoms with Crippen LogP contribution >= 0.6 is 0 Å². The van der Waals surface area contributed by atoms with Gasteiger partial charge in [0.25, 0.3) is 5.91 Å². The van der Waals surface area contributed by atoms with Crippen LogP contribution in [0.1, 0.15) is 34.3 Å². The minimum atomic E-state index is -0.646. The average Bonchev–Trinajstić information content (AvgIpc) is 2.88. The minimum Gasteiger partial charge on any atom is -0.496 e. The van der Waals surface area contributed by atoms with Crippen molar-refractivity contribution in [3.8, 4) is 11.8 Å². The van der Waals surface area contributed by atoms with Crippen LogP contribution in [-0.2, 0) is 11.3 Å². The number of rotatable bonds is 7. The third-order valence-corrected chi connectivity index (χ3v) is 5.88. The molecular formula is C26H23F3N4O3. The Bertz CT molecular complexity index is 1300. The van der Waals surface area contributed by atoms with Crippen LogP contribution in [0, 0.1) is 28.8 Å². The molecular weight excluding hydrogens is 473 g/mol. The van der Waals surface area contributed by atoms with Crippen molar-refractivity contribution < 1.29 is 27.4 Å². The third kappa shape index (κ3) is 5.75. The summed E-state index contributed by atoms with van der Waals surface area (Å²) < 4.78 is 51.5. The second kappa shape index (κ2) is 11.1. The summed E-state index contributed by atoms with van der Waals surface area (Å²) in [6, 6.07) is 10.5. The Morgan fingerprint density at radius 3 is 2.56 bits per heavy atom. The molecule has 1 N–H and O–H groups in total. The Hall–Kier alpha value is -4.10. The van der Waals surface area contributed by atoms with Gasteiger partial charge >= 0.3 is 0 Å². The number of hydrogen-bond donors (Lipinski definition) is 1. The fourth-order valence-electron chi connectivity index (χ4n) is 3.99. The number of carbonyl (C=O) groups is 1. The average molecular weight is 496 g/mol. The number of nitrogens with one attached hydrogen (secondary N) is 1. The van der Waals surface area contributed by atoms with Crippen molar-refractivity contribution in [3.63, 3.8) is 0 Å². The SMILES string of the molecule is COc1cc(F)ccc1C(=O)Nc1cc(C#N)cnc1N1CCC(OCc2ccc(F)cc2F)CC1. The zero-order valence-corrected chi connectivity index (χ0v) is 19.4. The van der Waals surface area contributed by atoms with Crippen molar-refractivity contribution in [2.75, 3.05) is 30.4 Å². The lowest BCUT2D eigenvalue weighted by molar-refractivity contribution is 0.0237. The van der Waals surface area contributed by atoms with Gasteiger partial charge in [-0.3, -0.25) is 4.79 Å². The van der Waals surface area contributed by atoms with E-state index in [1.807, 2.05) is 11.0 Å². The van der Waals surface area contributed by atoms with Gasteiger partial charge in [0, 0.05) is 37.0 Å². The predicted octanol–water partition coefficient (Wildman–Crippen LogP) is 4.82. The fraction of sp³-hybridized carbons (Fsp3) is 0.269. The van der Waals surface area contributed by atoms with Crippen LogP contribution < -0.4 is 15.0 Å². The Labute approximate surface area is 206 Å². The first-order chi connectivity index (χ1) is 17.4. The summed E-state index contributed by atoms with van der Waals surface area (Å²) in [5.41, 5.74) is 1.01. The van der Waals surface area contributed by atoms with E-state index in [9.17, 15) is 23.2 Å². The van der Waals surface area contributed by atoms with E-state index in [1.165, 1.54) is 37.6 Å². The number of pyridine rings is 1. The lowest BCUT2D eigenvalue weighted by Crippen LogP contribution is -2.38. The van der Waals surface area contributed by atoms with E-state index in [2.05, 4.69) is 10.3 Å². The molecule has 4 rings (SSSR count). The van der Waals surface area contributed by atoms with Crippen LogP contribution in [0.5, 0.6) is 5.75 Å². The van der Waals surface area contributed by atoms with Gasteiger partial charge in [0.05, 0.1) is 36.6 Å². The Morgan fingerprint density at radius 1 is 1.14 bits per heavy atom. The number of carbonyl (C=O) groups excluding carboxylic acids is 1. The monoisotopic (exact) mass is 496 g/mol. The van der Waals surface area contributed by atoms with E-state index in [0.29, 0.717) is 37.4 Å². The molecule has 0 atom stereocenters. The summed E-state index contributed by atoms with van der Waals surface area (Å²) in [7, 11) is 1.34. The molecule has 0 spiro atoms. The molecule has 1 aliphatic heterocycles. The third-order valence-electron chi connectivity index (χ3n) is 5.88. The quantitative estimate of drug-likeness (QED) is 0.505. The normalized spacial score (nSPS) is 13.8. The lowest BCUT2D eigenvalue weighted by Gasteiger charge is -2.33. The molecule has 2 aromatic carbocycles. The van der Waals surface area contributed by atoms with Crippen molar-refractivity contribution in [2.45, 2.75) is 25.6 Å². The molecule has 10 heteroatoms. The number of nitriles is 1. The largest absolute Gasteiger partial charge is 0.496 e. The summed E-state index contributed by atoms with van der Waals surface area (Å²) in [4.78, 5) is 19.3. The van der Waals surface area contributed by atoms with Crippen molar-refractivity contribution >= 4 is 17.4 Å². The minimum absolute atomic E-state index is 0.0344. The Morgan fingerprint density at radius 2 is 1.86 bits per heavy atom. The molecule has 36 heavy (non-hydrogen) atoms. The number of aromatic nitrogens is 1. The van der Waals surface area contributed by atoms with Crippen LogP contribution in [0.3, 0.4) is 0 Å². The number of ether oxygens (including phenoxy) is 2. The van der Waals surface area contributed by atoms with Gasteiger partial charge in [-0.05, 0) is 37.1 Å². The highest BCUT2D eigenvalue weighted by Crippen LogP contribution is 2.30. The van der Waals surface area contributed by atoms with Crippen LogP contribution in [0.25, 0.3) is 0 Å². The van der Waals surface area contributed by atoms with Crippen LogP contribution in [0.2, 0.25) is 0 Å². The fourth-order valence-corrected chi connectivity index (χ4v) is 3.99. The summed E-state index contributed by atoms with van der Waals surface area (Å²) in [5, 5.41) is 12.1. The smallest absolute Gasteiger partial charge is 0.259 e. The highest BCUT2D eigenvalue weighted by Gasteiger charge is 2.24.